The normalized spacial score (nSPS) is 7.85. The van der Waals surface area contributed by atoms with Crippen molar-refractivity contribution in [2.24, 2.45) is 0 Å². The summed E-state index contributed by atoms with van der Waals surface area (Å²) in [5.41, 5.74) is 0. The van der Waals surface area contributed by atoms with Gasteiger partial charge in [-0.05, 0) is 35.8 Å². The van der Waals surface area contributed by atoms with Gasteiger partial charge in [-0.15, -0.1) is 0 Å². The zero-order valence-electron chi connectivity index (χ0n) is 16.5. The van der Waals surface area contributed by atoms with Gasteiger partial charge in [-0.2, -0.15) is 0 Å². The molecule has 0 aliphatic carbocycles. The topological polar surface area (TPSA) is 83.0 Å². The molecule has 2 rings (SSSR count). The maximum Gasteiger partial charge on any atom is 3.00 e. The third-order valence-electron chi connectivity index (χ3n) is 2.77. The minimum Gasteiger partial charge on any atom is -0.867 e. The van der Waals surface area contributed by atoms with E-state index >= 15 is 0 Å². The van der Waals surface area contributed by atoms with E-state index in [1.807, 2.05) is 0 Å². The quantitative estimate of drug-likeness (QED) is 0.499. The second-order valence-electron chi connectivity index (χ2n) is 3.98. The van der Waals surface area contributed by atoms with Crippen LogP contribution in [0.4, 0.5) is 0 Å². The molecule has 0 aliphatic heterocycles. The van der Waals surface area contributed by atoms with Crippen LogP contribution in [0.1, 0.15) is 0 Å². The number of para-hydroxylation sites is 2. The summed E-state index contributed by atoms with van der Waals surface area (Å²) in [6.07, 6.45) is 0. The van der Waals surface area contributed by atoms with Gasteiger partial charge >= 0.3 is 46.9 Å². The van der Waals surface area contributed by atoms with Crippen molar-refractivity contribution >= 4 is 17.4 Å². The Bertz CT molecular complexity index is 512. The van der Waals surface area contributed by atoms with Crippen molar-refractivity contribution in [3.05, 3.63) is 51.3 Å². The number of hydrogen-bond donors (Lipinski definition) is 0. The molecule has 0 saturated heterocycles. The van der Waals surface area contributed by atoms with Gasteiger partial charge in [0.15, 0.2) is 0 Å². The summed E-state index contributed by atoms with van der Waals surface area (Å²) < 4.78 is 19.2. The van der Waals surface area contributed by atoms with Crippen LogP contribution in [0.3, 0.4) is 0 Å². The van der Waals surface area contributed by atoms with Gasteiger partial charge in [-0.3, -0.25) is 0 Å². The van der Waals surface area contributed by atoms with Crippen LogP contribution in [0, 0.1) is 14.9 Å². The van der Waals surface area contributed by atoms with Crippen LogP contribution in [-0.4, -0.2) is 45.8 Å². The fourth-order valence-corrected chi connectivity index (χ4v) is 1.63. The molecule has 26 heavy (non-hydrogen) atoms. The molecule has 0 radical (unpaired) electrons. The Hall–Kier alpha value is -1.23. The van der Waals surface area contributed by atoms with Gasteiger partial charge in [0, 0.05) is 0 Å². The third-order valence-corrected chi connectivity index (χ3v) is 2.77. The van der Waals surface area contributed by atoms with E-state index in [0.29, 0.717) is 23.0 Å². The van der Waals surface area contributed by atoms with Crippen molar-refractivity contribution < 1.29 is 58.7 Å². The molecule has 0 N–H and O–H groups in total. The second-order valence-corrected chi connectivity index (χ2v) is 3.98. The summed E-state index contributed by atoms with van der Waals surface area (Å²) in [7, 11) is 5.82. The molecule has 0 bridgehead atoms. The van der Waals surface area contributed by atoms with E-state index in [1.54, 1.807) is 36.4 Å². The van der Waals surface area contributed by atoms with E-state index < -0.39 is 0 Å². The van der Waals surface area contributed by atoms with Crippen LogP contribution in [-0.2, 0) is 0 Å². The largest absolute Gasteiger partial charge is 3.00 e. The van der Waals surface area contributed by atoms with E-state index in [4.69, 9.17) is 18.9 Å². The number of ether oxygens (including phenoxy) is 4. The number of rotatable bonds is 4. The Balaban J connectivity index is -0.000000161. The van der Waals surface area contributed by atoms with Crippen molar-refractivity contribution in [3.8, 4) is 34.5 Å². The van der Waals surface area contributed by atoms with Crippen LogP contribution in [0.2, 0.25) is 0 Å². The standard InChI is InChI=1S/2C8H10O3.2CH3.Al.Na/c2*1-10-6-4-3-5-7(11-2)8(6)9;;;;/h2*3-5,9H,1-2H3;2*1H3;;/q;;2*-1;+3;+1/p-2. The minimum atomic E-state index is -0.211. The Labute approximate surface area is 189 Å². The van der Waals surface area contributed by atoms with Crippen LogP contribution < -0.4 is 58.7 Å². The van der Waals surface area contributed by atoms with Crippen LogP contribution in [0.5, 0.6) is 34.5 Å². The molecular formula is C18H24AlNaO6. The average Bonchev–Trinajstić information content (AvgIpc) is 2.56. The van der Waals surface area contributed by atoms with Crippen LogP contribution in [0.25, 0.3) is 0 Å². The van der Waals surface area contributed by atoms with E-state index in [-0.39, 0.29) is 73.3 Å². The molecule has 0 fully saturated rings. The van der Waals surface area contributed by atoms with Crippen molar-refractivity contribution in [1.82, 2.24) is 0 Å². The molecule has 2 aromatic rings. The number of benzene rings is 2. The SMILES string of the molecule is COc1cccc(OC)c1[O-].COc1cccc(OC)c1[O-].[Al+3].[CH3-].[CH3-].[Na+]. The Kier molecular flexibility index (Phi) is 21.5. The van der Waals surface area contributed by atoms with E-state index in [9.17, 15) is 10.2 Å². The van der Waals surface area contributed by atoms with Crippen molar-refractivity contribution in [2.45, 2.75) is 0 Å². The first-order chi connectivity index (χ1) is 10.6. The molecular weight excluding hydrogens is 362 g/mol. The molecule has 0 spiro atoms. The van der Waals surface area contributed by atoms with Crippen LogP contribution >= 0.6 is 0 Å². The van der Waals surface area contributed by atoms with Crippen molar-refractivity contribution in [3.63, 3.8) is 0 Å². The molecule has 2 aromatic carbocycles. The van der Waals surface area contributed by atoms with Crippen molar-refractivity contribution in [1.29, 1.82) is 0 Å². The van der Waals surface area contributed by atoms with E-state index in [1.165, 1.54) is 28.4 Å². The van der Waals surface area contributed by atoms with Crippen molar-refractivity contribution in [2.75, 3.05) is 28.4 Å². The third kappa shape index (κ3) is 8.93. The summed E-state index contributed by atoms with van der Waals surface area (Å²) in [4.78, 5) is 0. The van der Waals surface area contributed by atoms with Gasteiger partial charge in [0.05, 0.1) is 28.4 Å². The zero-order valence-corrected chi connectivity index (χ0v) is 19.6. The summed E-state index contributed by atoms with van der Waals surface area (Å²) >= 11 is 0. The molecule has 0 amide bonds. The first-order valence-corrected chi connectivity index (χ1v) is 6.35. The van der Waals surface area contributed by atoms with E-state index in [0.717, 1.165) is 0 Å². The Morgan fingerprint density at radius 1 is 0.577 bits per heavy atom. The fraction of sp³-hybridized carbons (Fsp3) is 0.222. The monoisotopic (exact) mass is 386 g/mol. The average molecular weight is 386 g/mol. The summed E-state index contributed by atoms with van der Waals surface area (Å²) in [6, 6.07) is 9.82. The molecule has 0 unspecified atom stereocenters. The summed E-state index contributed by atoms with van der Waals surface area (Å²) in [6.45, 7) is 0. The predicted molar refractivity (Wildman–Crippen MR) is 96.6 cm³/mol. The molecule has 0 heterocycles. The van der Waals surface area contributed by atoms with Crippen LogP contribution in [0.15, 0.2) is 36.4 Å². The number of hydrogen-bond acceptors (Lipinski definition) is 6. The van der Waals surface area contributed by atoms with Gasteiger partial charge in [-0.25, -0.2) is 0 Å². The van der Waals surface area contributed by atoms with Gasteiger partial charge in [0.2, 0.25) is 0 Å². The molecule has 136 valence electrons. The minimum absolute atomic E-state index is 0. The Morgan fingerprint density at radius 2 is 0.769 bits per heavy atom. The van der Waals surface area contributed by atoms with Gasteiger partial charge in [-0.1, -0.05) is 12.1 Å². The van der Waals surface area contributed by atoms with Gasteiger partial charge in [0.25, 0.3) is 0 Å². The molecule has 6 nitrogen and oxygen atoms in total. The predicted octanol–water partition coefficient (Wildman–Crippen LogP) is -0.921. The first-order valence-electron chi connectivity index (χ1n) is 6.35. The maximum atomic E-state index is 11.2. The Morgan fingerprint density at radius 3 is 0.923 bits per heavy atom. The molecule has 8 heteroatoms. The summed E-state index contributed by atoms with van der Waals surface area (Å²) in [5.74, 6) is 0.817. The molecule has 0 aliphatic rings. The van der Waals surface area contributed by atoms with E-state index in [2.05, 4.69) is 0 Å². The first kappa shape index (κ1) is 32.4. The molecule has 0 atom stereocenters. The maximum absolute atomic E-state index is 11.2. The second kappa shape index (κ2) is 17.2. The van der Waals surface area contributed by atoms with Gasteiger partial charge in [0.1, 0.15) is 23.0 Å². The summed E-state index contributed by atoms with van der Waals surface area (Å²) in [5, 5.41) is 22.4. The fourth-order valence-electron chi connectivity index (χ4n) is 1.63. The zero-order chi connectivity index (χ0) is 16.5. The molecule has 0 saturated carbocycles. The van der Waals surface area contributed by atoms with Gasteiger partial charge < -0.3 is 44.0 Å². The molecule has 0 aromatic heterocycles. The smallest absolute Gasteiger partial charge is 0.867 e. The number of methoxy groups -OCH3 is 4.